The molecule has 0 aliphatic heterocycles. The number of nitrogens with one attached hydrogen (secondary N) is 1. The molecule has 0 radical (unpaired) electrons. The summed E-state index contributed by atoms with van der Waals surface area (Å²) in [6, 6.07) is 5.43. The van der Waals surface area contributed by atoms with Gasteiger partial charge in [0, 0.05) is 22.8 Å². The number of anilines is 1. The van der Waals surface area contributed by atoms with Gasteiger partial charge in [0.05, 0.1) is 17.2 Å². The average Bonchev–Trinajstić information content (AvgIpc) is 3.16. The Balaban J connectivity index is 1.66. The van der Waals surface area contributed by atoms with Crippen LogP contribution in [-0.4, -0.2) is 31.0 Å². The molecule has 7 nitrogen and oxygen atoms in total. The van der Waals surface area contributed by atoms with Crippen LogP contribution in [0.4, 0.5) is 18.9 Å². The Morgan fingerprint density at radius 3 is 2.44 bits per heavy atom. The number of rotatable bonds is 4. The van der Waals surface area contributed by atoms with Crippen molar-refractivity contribution in [1.82, 2.24) is 20.0 Å². The summed E-state index contributed by atoms with van der Waals surface area (Å²) < 4.78 is 40.0. The maximum absolute atomic E-state index is 12.7. The summed E-state index contributed by atoms with van der Waals surface area (Å²) in [5.41, 5.74) is -1.27. The molecular formula is C22H24F3N5O2. The molecule has 0 saturated heterocycles. The largest absolute Gasteiger partial charge is 0.435 e. The zero-order valence-electron chi connectivity index (χ0n) is 17.8. The van der Waals surface area contributed by atoms with Gasteiger partial charge in [0.25, 0.3) is 5.91 Å². The number of nitrogens with zero attached hydrogens (tertiary/aromatic N) is 4. The Labute approximate surface area is 182 Å². The SMILES string of the molecule is CC(C)(O)c1cc2nn(C3CCCCC3)cc2cc1NC(=O)c1ccc(C(F)(F)F)nn1. The van der Waals surface area contributed by atoms with Crippen molar-refractivity contribution in [1.29, 1.82) is 0 Å². The van der Waals surface area contributed by atoms with E-state index in [0.717, 1.165) is 37.1 Å². The van der Waals surface area contributed by atoms with Crippen molar-refractivity contribution in [2.75, 3.05) is 5.32 Å². The fourth-order valence-electron chi connectivity index (χ4n) is 4.02. The molecule has 1 saturated carbocycles. The van der Waals surface area contributed by atoms with E-state index in [0.29, 0.717) is 28.9 Å². The lowest BCUT2D eigenvalue weighted by Gasteiger charge is -2.22. The van der Waals surface area contributed by atoms with Crippen molar-refractivity contribution in [2.24, 2.45) is 0 Å². The Bertz CT molecular complexity index is 1130. The zero-order chi connectivity index (χ0) is 23.1. The van der Waals surface area contributed by atoms with Crippen LogP contribution in [0.3, 0.4) is 0 Å². The molecule has 1 aliphatic rings. The Morgan fingerprint density at radius 1 is 1.12 bits per heavy atom. The summed E-state index contributed by atoms with van der Waals surface area (Å²) in [6.45, 7) is 3.17. The highest BCUT2D eigenvalue weighted by Gasteiger charge is 2.33. The van der Waals surface area contributed by atoms with Crippen molar-refractivity contribution in [2.45, 2.75) is 63.8 Å². The van der Waals surface area contributed by atoms with Crippen molar-refractivity contribution >= 4 is 22.5 Å². The number of alkyl halides is 3. The molecule has 170 valence electrons. The van der Waals surface area contributed by atoms with Crippen molar-refractivity contribution in [3.8, 4) is 0 Å². The normalized spacial score (nSPS) is 15.8. The lowest BCUT2D eigenvalue weighted by atomic mass is 9.95. The maximum Gasteiger partial charge on any atom is 0.435 e. The van der Waals surface area contributed by atoms with E-state index >= 15 is 0 Å². The molecule has 0 atom stereocenters. The van der Waals surface area contributed by atoms with Crippen LogP contribution in [-0.2, 0) is 11.8 Å². The van der Waals surface area contributed by atoms with E-state index in [-0.39, 0.29) is 5.69 Å². The highest BCUT2D eigenvalue weighted by Crippen LogP contribution is 2.34. The average molecular weight is 447 g/mol. The third-order valence-corrected chi connectivity index (χ3v) is 5.71. The molecule has 2 aromatic heterocycles. The zero-order valence-corrected chi connectivity index (χ0v) is 17.8. The van der Waals surface area contributed by atoms with Gasteiger partial charge in [-0.2, -0.15) is 18.3 Å². The van der Waals surface area contributed by atoms with Gasteiger partial charge < -0.3 is 10.4 Å². The van der Waals surface area contributed by atoms with E-state index in [1.165, 1.54) is 6.42 Å². The predicted molar refractivity (Wildman–Crippen MR) is 112 cm³/mol. The highest BCUT2D eigenvalue weighted by molar-refractivity contribution is 6.04. The number of fused-ring (bicyclic) bond motifs is 1. The molecule has 0 unspecified atom stereocenters. The molecule has 3 aromatic rings. The first-order chi connectivity index (χ1) is 15.0. The first kappa shape index (κ1) is 22.2. The Hall–Kier alpha value is -3.01. The number of hydrogen-bond donors (Lipinski definition) is 2. The lowest BCUT2D eigenvalue weighted by Crippen LogP contribution is -2.22. The monoisotopic (exact) mass is 447 g/mol. The van der Waals surface area contributed by atoms with Crippen LogP contribution in [0.5, 0.6) is 0 Å². The second-order valence-electron chi connectivity index (χ2n) is 8.67. The van der Waals surface area contributed by atoms with E-state index in [2.05, 4.69) is 20.6 Å². The standard InChI is InChI=1S/C22H24F3N5O2/c1-21(2,32)15-11-17-13(12-30(29-17)14-6-4-3-5-7-14)10-18(15)26-20(31)16-8-9-19(28-27-16)22(23,24)25/h8-12,14,32H,3-7H2,1-2H3,(H,26,31). The van der Waals surface area contributed by atoms with Gasteiger partial charge in [0.15, 0.2) is 11.4 Å². The fraction of sp³-hybridized carbons (Fsp3) is 0.455. The molecule has 1 aliphatic carbocycles. The second-order valence-corrected chi connectivity index (χ2v) is 8.67. The van der Waals surface area contributed by atoms with Gasteiger partial charge in [0.2, 0.25) is 0 Å². The minimum absolute atomic E-state index is 0.266. The summed E-state index contributed by atoms with van der Waals surface area (Å²) in [6.07, 6.45) is 2.94. The van der Waals surface area contributed by atoms with Gasteiger partial charge in [-0.1, -0.05) is 19.3 Å². The first-order valence-electron chi connectivity index (χ1n) is 10.5. The van der Waals surface area contributed by atoms with Gasteiger partial charge in [-0.05, 0) is 51.0 Å². The maximum atomic E-state index is 12.7. The topological polar surface area (TPSA) is 92.9 Å². The van der Waals surface area contributed by atoms with Gasteiger partial charge in [-0.25, -0.2) is 0 Å². The number of amides is 1. The summed E-state index contributed by atoms with van der Waals surface area (Å²) in [4.78, 5) is 12.6. The van der Waals surface area contributed by atoms with Crippen molar-refractivity contribution in [3.05, 3.63) is 47.4 Å². The Morgan fingerprint density at radius 2 is 1.84 bits per heavy atom. The van der Waals surface area contributed by atoms with Crippen LogP contribution >= 0.6 is 0 Å². The van der Waals surface area contributed by atoms with Crippen LogP contribution in [0, 0.1) is 0 Å². The van der Waals surface area contributed by atoms with Crippen LogP contribution < -0.4 is 5.32 Å². The minimum Gasteiger partial charge on any atom is -0.386 e. The molecular weight excluding hydrogens is 423 g/mol. The fourth-order valence-corrected chi connectivity index (χ4v) is 4.02. The van der Waals surface area contributed by atoms with E-state index in [4.69, 9.17) is 0 Å². The van der Waals surface area contributed by atoms with Crippen molar-refractivity contribution < 1.29 is 23.1 Å². The number of aliphatic hydroxyl groups is 1. The van der Waals surface area contributed by atoms with Gasteiger partial charge in [0.1, 0.15) is 0 Å². The number of carbonyl (C=O) groups is 1. The van der Waals surface area contributed by atoms with Gasteiger partial charge >= 0.3 is 6.18 Å². The van der Waals surface area contributed by atoms with Crippen LogP contribution in [0.25, 0.3) is 10.9 Å². The number of carbonyl (C=O) groups excluding carboxylic acids is 1. The summed E-state index contributed by atoms with van der Waals surface area (Å²) in [5, 5.41) is 25.3. The first-order valence-corrected chi connectivity index (χ1v) is 10.5. The summed E-state index contributed by atoms with van der Waals surface area (Å²) in [5.74, 6) is -0.726. The molecule has 0 spiro atoms. The number of aromatic nitrogens is 4. The molecule has 2 N–H and O–H groups in total. The summed E-state index contributed by atoms with van der Waals surface area (Å²) in [7, 11) is 0. The second kappa shape index (κ2) is 8.16. The number of halogens is 3. The Kier molecular flexibility index (Phi) is 5.66. The molecule has 1 amide bonds. The third-order valence-electron chi connectivity index (χ3n) is 5.71. The van der Waals surface area contributed by atoms with Gasteiger partial charge in [-0.15, -0.1) is 10.2 Å². The molecule has 4 rings (SSSR count). The van der Waals surface area contributed by atoms with Crippen LogP contribution in [0.1, 0.15) is 73.7 Å². The van der Waals surface area contributed by atoms with Crippen LogP contribution in [0.2, 0.25) is 0 Å². The lowest BCUT2D eigenvalue weighted by molar-refractivity contribution is -0.141. The minimum atomic E-state index is -4.64. The van der Waals surface area contributed by atoms with E-state index in [1.807, 2.05) is 10.9 Å². The molecule has 2 heterocycles. The van der Waals surface area contributed by atoms with Gasteiger partial charge in [-0.3, -0.25) is 9.48 Å². The quantitative estimate of drug-likeness (QED) is 0.598. The van der Waals surface area contributed by atoms with Crippen molar-refractivity contribution in [3.63, 3.8) is 0 Å². The van der Waals surface area contributed by atoms with E-state index in [9.17, 15) is 23.1 Å². The number of hydrogen-bond acceptors (Lipinski definition) is 5. The predicted octanol–water partition coefficient (Wildman–Crippen LogP) is 4.83. The van der Waals surface area contributed by atoms with E-state index in [1.54, 1.807) is 26.0 Å². The molecule has 0 bridgehead atoms. The molecule has 1 fully saturated rings. The summed E-state index contributed by atoms with van der Waals surface area (Å²) >= 11 is 0. The van der Waals surface area contributed by atoms with Crippen LogP contribution in [0.15, 0.2) is 30.5 Å². The molecule has 1 aromatic carbocycles. The molecule has 10 heteroatoms. The smallest absolute Gasteiger partial charge is 0.386 e. The number of benzene rings is 1. The molecule has 32 heavy (non-hydrogen) atoms. The van der Waals surface area contributed by atoms with E-state index < -0.39 is 23.4 Å². The highest BCUT2D eigenvalue weighted by atomic mass is 19.4. The third kappa shape index (κ3) is 4.59.